The van der Waals surface area contributed by atoms with E-state index >= 15 is 0 Å². The number of anilines is 4. The molecular formula is C58H77Cl4N15O8S2. The Bertz CT molecular complexity index is 3660. The van der Waals surface area contributed by atoms with Crippen molar-refractivity contribution in [3.63, 3.8) is 0 Å². The Kier molecular flexibility index (Phi) is 21.6. The minimum Gasteiger partial charge on any atom is -0.444 e. The first-order valence-corrected chi connectivity index (χ1v) is 34.9. The van der Waals surface area contributed by atoms with Crippen LogP contribution >= 0.6 is 46.4 Å². The lowest BCUT2D eigenvalue weighted by Gasteiger charge is -2.35. The van der Waals surface area contributed by atoms with Gasteiger partial charge in [-0.2, -0.15) is 14.7 Å². The molecular weight excluding hydrogens is 1240 g/mol. The summed E-state index contributed by atoms with van der Waals surface area (Å²) in [6.45, 7) is 16.4. The molecule has 0 unspecified atom stereocenters. The number of likely N-dealkylation sites (tertiary alicyclic amines) is 2. The molecule has 10 heterocycles. The quantitative estimate of drug-likeness (QED) is 0.0932. The maximum Gasteiger partial charge on any atom is 0.410 e. The number of piperazine rings is 1. The number of aromatic nitrogens is 6. The van der Waals surface area contributed by atoms with E-state index in [2.05, 4.69) is 46.0 Å². The van der Waals surface area contributed by atoms with E-state index in [0.29, 0.717) is 46.0 Å². The molecule has 12 rings (SSSR count). The highest BCUT2D eigenvalue weighted by Gasteiger charge is 2.35. The summed E-state index contributed by atoms with van der Waals surface area (Å²) in [5, 5.41) is 17.1. The first-order valence-electron chi connectivity index (χ1n) is 29.6. The molecule has 472 valence electrons. The molecule has 6 fully saturated rings. The van der Waals surface area contributed by atoms with Gasteiger partial charge in [-0.15, -0.1) is 0 Å². The second-order valence-electron chi connectivity index (χ2n) is 23.4. The molecule has 0 saturated carbocycles. The van der Waals surface area contributed by atoms with Crippen LogP contribution in [0.5, 0.6) is 0 Å². The van der Waals surface area contributed by atoms with Gasteiger partial charge < -0.3 is 39.9 Å². The van der Waals surface area contributed by atoms with Crippen molar-refractivity contribution in [3.8, 4) is 0 Å². The highest BCUT2D eigenvalue weighted by Crippen LogP contribution is 2.38. The lowest BCUT2D eigenvalue weighted by molar-refractivity contribution is 0.0228. The van der Waals surface area contributed by atoms with Crippen LogP contribution in [-0.2, 0) is 24.8 Å². The van der Waals surface area contributed by atoms with Gasteiger partial charge >= 0.3 is 6.09 Å². The summed E-state index contributed by atoms with van der Waals surface area (Å²) in [6.07, 6.45) is 13.0. The van der Waals surface area contributed by atoms with Crippen molar-refractivity contribution >= 4 is 119 Å². The smallest absolute Gasteiger partial charge is 0.410 e. The van der Waals surface area contributed by atoms with Gasteiger partial charge in [-0.05, 0) is 141 Å². The van der Waals surface area contributed by atoms with Crippen LogP contribution in [-0.4, -0.2) is 175 Å². The van der Waals surface area contributed by atoms with E-state index < -0.39 is 20.0 Å². The fourth-order valence-electron chi connectivity index (χ4n) is 10.9. The number of rotatable bonds is 10. The molecule has 6 saturated heterocycles. The van der Waals surface area contributed by atoms with Gasteiger partial charge in [-0.25, -0.2) is 36.1 Å². The van der Waals surface area contributed by atoms with E-state index in [0.717, 1.165) is 133 Å². The maximum atomic E-state index is 13.9. The second kappa shape index (κ2) is 28.7. The average molecular weight is 1320 g/mol. The number of hydrogen-bond acceptors (Lipinski definition) is 16. The van der Waals surface area contributed by atoms with Crippen LogP contribution in [0.15, 0.2) is 60.7 Å². The summed E-state index contributed by atoms with van der Waals surface area (Å²) in [5.41, 5.74) is 3.11. The van der Waals surface area contributed by atoms with Gasteiger partial charge in [0.1, 0.15) is 27.5 Å². The number of nitrogens with zero attached hydrogens (tertiary/aromatic N) is 11. The van der Waals surface area contributed by atoms with Crippen molar-refractivity contribution in [2.75, 3.05) is 110 Å². The molecule has 6 aliphatic rings. The Balaban J connectivity index is 0.000000166. The molecule has 6 aromatic rings. The number of fused-ring (bicyclic) bond motifs is 2. The molecule has 4 aromatic heterocycles. The molecule has 87 heavy (non-hydrogen) atoms. The van der Waals surface area contributed by atoms with Crippen LogP contribution in [0, 0.1) is 0 Å². The summed E-state index contributed by atoms with van der Waals surface area (Å²) in [6, 6.07) is 15.9. The van der Waals surface area contributed by atoms with Crippen molar-refractivity contribution in [2.24, 2.45) is 0 Å². The number of halogens is 4. The van der Waals surface area contributed by atoms with Gasteiger partial charge in [-0.3, -0.25) is 19.0 Å². The van der Waals surface area contributed by atoms with E-state index in [1.807, 2.05) is 31.4 Å². The van der Waals surface area contributed by atoms with Crippen molar-refractivity contribution in [2.45, 2.75) is 109 Å². The Morgan fingerprint density at radius 3 is 1.52 bits per heavy atom. The molecule has 0 aliphatic carbocycles. The van der Waals surface area contributed by atoms with Crippen LogP contribution in [0.3, 0.4) is 0 Å². The summed E-state index contributed by atoms with van der Waals surface area (Å²) in [7, 11) is -7.16. The molecule has 2 atom stereocenters. The number of sulfonamides is 2. The fraction of sp³-hybridized carbons (Fsp3) is 0.534. The Morgan fingerprint density at radius 2 is 1.05 bits per heavy atom. The standard InChI is InChI=1S/C27H34ClN7O3S.C19H18Cl3N5O3S.C9H18N2O2.C3H7N/c1-39(37,38)31-21-10-9-19(28)16-20(21)27(36)34-15-6-3-8-23(34)22-17-25-29-24(32-13-7-14-32)18-26(35(25)30-22)33-11-4-2-5-12-33;1-31(29,30)25-13-6-5-11(20)8-12(13)19(28)26-7-3-2-4-15(26)14-9-18-23-16(21)10-17(22)27(18)24-14;1-9(2,3)13-8(12)11-6-4-10-5-7-11;1-2-4-3-1/h9-10,16-18,23,31H,2-8,11-15H2,1H3;5-6,8-10,15,25H,2-4,7H2,1H3;10H,4-7H2,1-3H3;4H,1-3H2/t23-;15-;;/m00../s1. The van der Waals surface area contributed by atoms with Crippen LogP contribution in [0.2, 0.25) is 20.4 Å². The largest absolute Gasteiger partial charge is 0.444 e. The number of carbonyl (C=O) groups is 3. The summed E-state index contributed by atoms with van der Waals surface area (Å²) in [5.74, 6) is 1.42. The fourth-order valence-corrected chi connectivity index (χ4v) is 12.8. The van der Waals surface area contributed by atoms with Gasteiger partial charge in [0.15, 0.2) is 11.3 Å². The SMILES string of the molecule is C1CNC1.CC(C)(C)OC(=O)N1CCNCC1.CS(=O)(=O)Nc1ccc(Cl)cc1C(=O)N1CCCC[C@H]1c1cc2nc(Cl)cc(Cl)n2n1.CS(=O)(=O)Nc1ccc(Cl)cc1C(=O)N1CCCC[C@H]1c1cc2nc(N3CCC3)cc(N3CCCCC3)n2n1. The Morgan fingerprint density at radius 1 is 0.563 bits per heavy atom. The highest BCUT2D eigenvalue weighted by molar-refractivity contribution is 7.92. The molecule has 2 aromatic carbocycles. The monoisotopic (exact) mass is 1320 g/mol. The minimum atomic E-state index is -3.58. The van der Waals surface area contributed by atoms with Crippen LogP contribution in [0.1, 0.15) is 136 Å². The average Bonchev–Trinajstić information content (AvgIpc) is 1.86. The Hall–Kier alpha value is -5.93. The molecule has 6 aliphatic heterocycles. The van der Waals surface area contributed by atoms with E-state index in [1.54, 1.807) is 26.8 Å². The number of carbonyl (C=O) groups excluding carboxylic acids is 3. The lowest BCUT2D eigenvalue weighted by atomic mass is 9.98. The van der Waals surface area contributed by atoms with E-state index in [4.69, 9.17) is 61.2 Å². The summed E-state index contributed by atoms with van der Waals surface area (Å²) >= 11 is 24.6. The van der Waals surface area contributed by atoms with E-state index in [1.165, 1.54) is 73.3 Å². The van der Waals surface area contributed by atoms with E-state index in [-0.39, 0.29) is 63.2 Å². The number of ether oxygens (including phenoxy) is 1. The lowest BCUT2D eigenvalue weighted by Crippen LogP contribution is -2.48. The van der Waals surface area contributed by atoms with Crippen molar-refractivity contribution < 1.29 is 36.0 Å². The van der Waals surface area contributed by atoms with Crippen molar-refractivity contribution in [1.82, 2.24) is 54.5 Å². The van der Waals surface area contributed by atoms with E-state index in [9.17, 15) is 31.2 Å². The van der Waals surface area contributed by atoms with Crippen molar-refractivity contribution in [1.29, 1.82) is 0 Å². The highest BCUT2D eigenvalue weighted by atomic mass is 35.5. The van der Waals surface area contributed by atoms with Crippen LogP contribution in [0.4, 0.5) is 27.8 Å². The Labute approximate surface area is 528 Å². The van der Waals surface area contributed by atoms with Gasteiger partial charge in [-0.1, -0.05) is 46.4 Å². The third-order valence-electron chi connectivity index (χ3n) is 15.3. The number of piperidine rings is 3. The zero-order valence-electron chi connectivity index (χ0n) is 49.7. The normalized spacial score (nSPS) is 19.1. The van der Waals surface area contributed by atoms with Gasteiger partial charge in [0.2, 0.25) is 20.0 Å². The predicted octanol–water partition coefficient (Wildman–Crippen LogP) is 9.56. The zero-order valence-corrected chi connectivity index (χ0v) is 54.4. The van der Waals surface area contributed by atoms with Gasteiger partial charge in [0, 0.05) is 99.8 Å². The third-order valence-corrected chi connectivity index (χ3v) is 17.5. The first-order chi connectivity index (χ1) is 41.4. The zero-order chi connectivity index (χ0) is 62.2. The maximum absolute atomic E-state index is 13.9. The first kappa shape index (κ1) is 65.5. The molecule has 29 heteroatoms. The predicted molar refractivity (Wildman–Crippen MR) is 342 cm³/mol. The van der Waals surface area contributed by atoms with Gasteiger partial charge in [0.05, 0.1) is 58.5 Å². The number of amides is 3. The minimum absolute atomic E-state index is 0.174. The topological polar surface area (TPSA) is 253 Å². The molecule has 0 bridgehead atoms. The van der Waals surface area contributed by atoms with Gasteiger partial charge in [0.25, 0.3) is 11.8 Å². The summed E-state index contributed by atoms with van der Waals surface area (Å²) in [4.78, 5) is 58.0. The second-order valence-corrected chi connectivity index (χ2v) is 28.6. The number of nitrogens with one attached hydrogen (secondary N) is 4. The summed E-state index contributed by atoms with van der Waals surface area (Å²) < 4.78 is 61.0. The molecule has 4 N–H and O–H groups in total. The van der Waals surface area contributed by atoms with Crippen LogP contribution in [0.25, 0.3) is 11.3 Å². The number of hydrogen-bond donors (Lipinski definition) is 4. The molecule has 0 radical (unpaired) electrons. The molecule has 23 nitrogen and oxygen atoms in total. The van der Waals surface area contributed by atoms with Crippen molar-refractivity contribution in [3.05, 3.63) is 104 Å². The molecule has 3 amide bonds. The number of benzene rings is 2. The third kappa shape index (κ3) is 17.5. The van der Waals surface area contributed by atoms with Crippen LogP contribution < -0.4 is 29.9 Å². The molecule has 0 spiro atoms.